The fraction of sp³-hybridized carbons (Fsp3) is 0. The molecule has 0 unspecified atom stereocenters. The lowest BCUT2D eigenvalue weighted by molar-refractivity contribution is 0.0941. The number of halogens is 2. The van der Waals surface area contributed by atoms with Gasteiger partial charge in [-0.15, -0.1) is 0 Å². The maximum atomic E-state index is 13.3. The lowest BCUT2D eigenvalue weighted by Crippen LogP contribution is -2.13. The fourth-order valence-corrected chi connectivity index (χ4v) is 1.46. The normalized spacial score (nSPS) is 10.3. The predicted molar refractivity (Wildman–Crippen MR) is 56.1 cm³/mol. The number of rotatable bonds is 1. The number of hydrogen-bond acceptors (Lipinski definition) is 2. The van der Waals surface area contributed by atoms with E-state index in [9.17, 15) is 9.18 Å². The van der Waals surface area contributed by atoms with E-state index in [-0.39, 0.29) is 5.56 Å². The van der Waals surface area contributed by atoms with E-state index in [0.29, 0.717) is 4.47 Å². The Morgan fingerprint density at radius 2 is 2.13 bits per heavy atom. The van der Waals surface area contributed by atoms with Crippen molar-refractivity contribution in [3.63, 3.8) is 0 Å². The van der Waals surface area contributed by atoms with E-state index in [4.69, 9.17) is 0 Å². The van der Waals surface area contributed by atoms with Gasteiger partial charge in [0.25, 0.3) is 5.91 Å². The number of carbonyl (C=O) groups excluding carboxylic acids is 1. The first-order valence-electron chi connectivity index (χ1n) is 4.18. The van der Waals surface area contributed by atoms with Crippen LogP contribution in [0.2, 0.25) is 0 Å². The maximum Gasteiger partial charge on any atom is 0.281 e. The van der Waals surface area contributed by atoms with Crippen molar-refractivity contribution < 1.29 is 9.18 Å². The molecular formula is C10H6BrFN2O. The Kier molecular flexibility index (Phi) is 2.64. The standard InChI is InChI=1S/C10H6BrFN2O/c11-7-5-13-14(6-7)10(15)8-3-1-2-4-9(8)12/h1-6H. The monoisotopic (exact) mass is 268 g/mol. The zero-order valence-electron chi connectivity index (χ0n) is 7.52. The quantitative estimate of drug-likeness (QED) is 0.797. The average molecular weight is 269 g/mol. The van der Waals surface area contributed by atoms with Crippen LogP contribution < -0.4 is 0 Å². The van der Waals surface area contributed by atoms with E-state index in [1.165, 1.54) is 30.6 Å². The van der Waals surface area contributed by atoms with E-state index in [1.54, 1.807) is 6.07 Å². The Bertz CT molecular complexity index is 510. The minimum absolute atomic E-state index is 0.00750. The second kappa shape index (κ2) is 3.94. The smallest absolute Gasteiger partial charge is 0.267 e. The van der Waals surface area contributed by atoms with Gasteiger partial charge in [0.1, 0.15) is 5.82 Å². The van der Waals surface area contributed by atoms with Crippen LogP contribution in [0.5, 0.6) is 0 Å². The molecule has 0 aliphatic rings. The van der Waals surface area contributed by atoms with Crippen molar-refractivity contribution in [2.45, 2.75) is 0 Å². The van der Waals surface area contributed by atoms with E-state index in [1.807, 2.05) is 0 Å². The molecular weight excluding hydrogens is 263 g/mol. The zero-order valence-corrected chi connectivity index (χ0v) is 9.11. The van der Waals surface area contributed by atoms with Crippen LogP contribution in [0.25, 0.3) is 0 Å². The zero-order chi connectivity index (χ0) is 10.8. The predicted octanol–water partition coefficient (Wildman–Crippen LogP) is 2.47. The first-order chi connectivity index (χ1) is 7.18. The molecule has 76 valence electrons. The molecule has 5 heteroatoms. The summed E-state index contributed by atoms with van der Waals surface area (Å²) >= 11 is 3.16. The Morgan fingerprint density at radius 3 is 2.73 bits per heavy atom. The van der Waals surface area contributed by atoms with Gasteiger partial charge in [0.15, 0.2) is 0 Å². The van der Waals surface area contributed by atoms with Crippen LogP contribution in [0.4, 0.5) is 4.39 Å². The van der Waals surface area contributed by atoms with Gasteiger partial charge < -0.3 is 0 Å². The highest BCUT2D eigenvalue weighted by atomic mass is 79.9. The third-order valence-electron chi connectivity index (χ3n) is 1.86. The van der Waals surface area contributed by atoms with Gasteiger partial charge in [0, 0.05) is 6.20 Å². The van der Waals surface area contributed by atoms with E-state index < -0.39 is 11.7 Å². The lowest BCUT2D eigenvalue weighted by Gasteiger charge is -2.00. The molecule has 0 aliphatic carbocycles. The number of benzene rings is 1. The molecule has 0 amide bonds. The Labute approximate surface area is 93.7 Å². The minimum atomic E-state index is -0.547. The van der Waals surface area contributed by atoms with Gasteiger partial charge in [-0.05, 0) is 28.1 Å². The molecule has 1 heterocycles. The van der Waals surface area contributed by atoms with Crippen LogP contribution in [-0.4, -0.2) is 15.7 Å². The number of nitrogens with zero attached hydrogens (tertiary/aromatic N) is 2. The van der Waals surface area contributed by atoms with Gasteiger partial charge in [0.2, 0.25) is 0 Å². The van der Waals surface area contributed by atoms with Crippen molar-refractivity contribution in [3.8, 4) is 0 Å². The first-order valence-corrected chi connectivity index (χ1v) is 4.97. The van der Waals surface area contributed by atoms with Gasteiger partial charge >= 0.3 is 0 Å². The molecule has 0 spiro atoms. The number of hydrogen-bond donors (Lipinski definition) is 0. The Balaban J connectivity index is 2.41. The maximum absolute atomic E-state index is 13.3. The van der Waals surface area contributed by atoms with Crippen molar-refractivity contribution in [2.24, 2.45) is 0 Å². The average Bonchev–Trinajstić information content (AvgIpc) is 2.65. The van der Waals surface area contributed by atoms with Crippen molar-refractivity contribution >= 4 is 21.8 Å². The third-order valence-corrected chi connectivity index (χ3v) is 2.27. The molecule has 0 saturated heterocycles. The molecule has 0 saturated carbocycles. The summed E-state index contributed by atoms with van der Waals surface area (Å²) in [4.78, 5) is 11.7. The summed E-state index contributed by atoms with van der Waals surface area (Å²) in [6.45, 7) is 0. The minimum Gasteiger partial charge on any atom is -0.267 e. The second-order valence-electron chi connectivity index (χ2n) is 2.89. The molecule has 0 fully saturated rings. The largest absolute Gasteiger partial charge is 0.281 e. The highest BCUT2D eigenvalue weighted by Crippen LogP contribution is 2.11. The molecule has 0 radical (unpaired) electrons. The summed E-state index contributed by atoms with van der Waals surface area (Å²) in [5, 5.41) is 3.79. The van der Waals surface area contributed by atoms with Crippen LogP contribution in [-0.2, 0) is 0 Å². The SMILES string of the molecule is O=C(c1ccccc1F)n1cc(Br)cn1. The summed E-state index contributed by atoms with van der Waals surface area (Å²) in [7, 11) is 0. The molecule has 3 nitrogen and oxygen atoms in total. The van der Waals surface area contributed by atoms with Crippen molar-refractivity contribution in [1.82, 2.24) is 9.78 Å². The summed E-state index contributed by atoms with van der Waals surface area (Å²) < 4.78 is 15.0. The van der Waals surface area contributed by atoms with Gasteiger partial charge in [-0.3, -0.25) is 4.79 Å². The topological polar surface area (TPSA) is 34.9 Å². The molecule has 0 bridgehead atoms. The van der Waals surface area contributed by atoms with Crippen LogP contribution in [0.3, 0.4) is 0 Å². The first kappa shape index (κ1) is 10.0. The van der Waals surface area contributed by atoms with Gasteiger partial charge in [-0.2, -0.15) is 5.10 Å². The molecule has 2 aromatic rings. The van der Waals surface area contributed by atoms with Crippen LogP contribution >= 0.6 is 15.9 Å². The highest BCUT2D eigenvalue weighted by molar-refractivity contribution is 9.10. The molecule has 0 N–H and O–H groups in total. The van der Waals surface area contributed by atoms with Crippen LogP contribution in [0.15, 0.2) is 41.1 Å². The lowest BCUT2D eigenvalue weighted by atomic mass is 10.2. The van der Waals surface area contributed by atoms with Crippen molar-refractivity contribution in [3.05, 3.63) is 52.5 Å². The molecule has 1 aromatic carbocycles. The van der Waals surface area contributed by atoms with Crippen molar-refractivity contribution in [1.29, 1.82) is 0 Å². The molecule has 1 aromatic heterocycles. The van der Waals surface area contributed by atoms with Gasteiger partial charge in [-0.25, -0.2) is 9.07 Å². The molecule has 15 heavy (non-hydrogen) atoms. The molecule has 0 atom stereocenters. The fourth-order valence-electron chi connectivity index (χ4n) is 1.17. The third kappa shape index (κ3) is 1.97. The molecule has 2 rings (SSSR count). The molecule has 0 aliphatic heterocycles. The highest BCUT2D eigenvalue weighted by Gasteiger charge is 2.13. The summed E-state index contributed by atoms with van der Waals surface area (Å²) in [6.07, 6.45) is 2.95. The second-order valence-corrected chi connectivity index (χ2v) is 3.80. The van der Waals surface area contributed by atoms with Gasteiger partial charge in [0.05, 0.1) is 16.2 Å². The summed E-state index contributed by atoms with van der Waals surface area (Å²) in [5.41, 5.74) is 0.00750. The van der Waals surface area contributed by atoms with Crippen molar-refractivity contribution in [2.75, 3.05) is 0 Å². The number of aromatic nitrogens is 2. The van der Waals surface area contributed by atoms with E-state index in [0.717, 1.165) is 4.68 Å². The Morgan fingerprint density at radius 1 is 1.40 bits per heavy atom. The van der Waals surface area contributed by atoms with E-state index in [2.05, 4.69) is 21.0 Å². The summed E-state index contributed by atoms with van der Waals surface area (Å²) in [6, 6.07) is 5.80. The summed E-state index contributed by atoms with van der Waals surface area (Å²) in [5.74, 6) is -1.03. The van der Waals surface area contributed by atoms with Crippen LogP contribution in [0.1, 0.15) is 10.4 Å². The number of carbonyl (C=O) groups is 1. The Hall–Kier alpha value is -1.49. The van der Waals surface area contributed by atoms with E-state index >= 15 is 0 Å². The van der Waals surface area contributed by atoms with Crippen LogP contribution in [0, 0.1) is 5.82 Å². The van der Waals surface area contributed by atoms with Gasteiger partial charge in [-0.1, -0.05) is 12.1 Å².